The lowest BCUT2D eigenvalue weighted by molar-refractivity contribution is 0.0977. The Morgan fingerprint density at radius 2 is 1.06 bits per heavy atom. The molecule has 2 aliphatic heterocycles. The van der Waals surface area contributed by atoms with Crippen LogP contribution in [0.25, 0.3) is 0 Å². The van der Waals surface area contributed by atoms with Gasteiger partial charge < -0.3 is 9.80 Å². The van der Waals surface area contributed by atoms with Gasteiger partial charge in [0.05, 0.1) is 25.5 Å². The van der Waals surface area contributed by atoms with Gasteiger partial charge in [-0.25, -0.2) is 0 Å². The fraction of sp³-hybridized carbons (Fsp3) is 0.256. The second kappa shape index (κ2) is 12.8. The molecule has 2 aromatic heterocycles. The lowest BCUT2D eigenvalue weighted by atomic mass is 9.83. The van der Waals surface area contributed by atoms with Crippen LogP contribution in [0.15, 0.2) is 97.3 Å². The molecule has 2 aliphatic rings. The highest BCUT2D eigenvalue weighted by atomic mass is 16.2. The number of fused-ring (bicyclic) bond motifs is 4. The van der Waals surface area contributed by atoms with E-state index in [2.05, 4.69) is 55.2 Å². The van der Waals surface area contributed by atoms with Gasteiger partial charge >= 0.3 is 0 Å². The Labute approximate surface area is 299 Å². The first-order valence-electron chi connectivity index (χ1n) is 17.7. The van der Waals surface area contributed by atoms with Gasteiger partial charge in [-0.05, 0) is 90.0 Å². The number of para-hydroxylation sites is 2. The SMILES string of the molecule is CCC(c1ccc(C(=O)N2Cc3cnn(C)c3Cc3ccccc32)cc1C)c1ccc(C(=O)N2Cc3cnn(C)c3Cc3ccccc32)cc1C. The molecule has 8 heteroatoms. The molecule has 0 bridgehead atoms. The second-order valence-electron chi connectivity index (χ2n) is 14.0. The number of benzene rings is 4. The van der Waals surface area contributed by atoms with Crippen LogP contribution in [-0.2, 0) is 40.0 Å². The van der Waals surface area contributed by atoms with E-state index in [0.29, 0.717) is 24.2 Å². The van der Waals surface area contributed by atoms with Gasteiger partial charge in [-0.3, -0.25) is 19.0 Å². The van der Waals surface area contributed by atoms with Crippen molar-refractivity contribution in [2.45, 2.75) is 59.0 Å². The number of nitrogens with zero attached hydrogens (tertiary/aromatic N) is 6. The molecule has 0 N–H and O–H groups in total. The van der Waals surface area contributed by atoms with E-state index in [1.54, 1.807) is 0 Å². The fourth-order valence-electron chi connectivity index (χ4n) is 8.14. The highest BCUT2D eigenvalue weighted by Crippen LogP contribution is 2.36. The van der Waals surface area contributed by atoms with Gasteiger partial charge in [-0.1, -0.05) is 55.5 Å². The largest absolute Gasteiger partial charge is 0.304 e. The molecule has 0 unspecified atom stereocenters. The van der Waals surface area contributed by atoms with E-state index < -0.39 is 0 Å². The van der Waals surface area contributed by atoms with Crippen molar-refractivity contribution >= 4 is 23.2 Å². The summed E-state index contributed by atoms with van der Waals surface area (Å²) in [5.41, 5.74) is 14.4. The summed E-state index contributed by atoms with van der Waals surface area (Å²) in [6.45, 7) is 7.35. The maximum absolute atomic E-state index is 14.2. The van der Waals surface area contributed by atoms with Crippen LogP contribution >= 0.6 is 0 Å². The van der Waals surface area contributed by atoms with Gasteiger partial charge in [0, 0.05) is 77.9 Å². The minimum absolute atomic E-state index is 0.0191. The molecule has 0 saturated carbocycles. The minimum atomic E-state index is -0.0191. The molecule has 8 rings (SSSR count). The summed E-state index contributed by atoms with van der Waals surface area (Å²) in [5, 5.41) is 8.97. The molecule has 4 heterocycles. The lowest BCUT2D eigenvalue weighted by Gasteiger charge is -2.25. The van der Waals surface area contributed by atoms with E-state index in [4.69, 9.17) is 0 Å². The van der Waals surface area contributed by atoms with Gasteiger partial charge in [-0.2, -0.15) is 10.2 Å². The molecule has 0 atom stereocenters. The number of carbonyl (C=O) groups is 2. The Kier molecular flexibility index (Phi) is 8.17. The maximum atomic E-state index is 14.2. The number of rotatable bonds is 5. The first kappa shape index (κ1) is 32.4. The van der Waals surface area contributed by atoms with Crippen LogP contribution in [0.2, 0.25) is 0 Å². The highest BCUT2D eigenvalue weighted by Gasteiger charge is 2.29. The molecule has 0 aliphatic carbocycles. The summed E-state index contributed by atoms with van der Waals surface area (Å²) in [4.78, 5) is 32.2. The van der Waals surface area contributed by atoms with Crippen LogP contribution in [0.1, 0.15) is 95.9 Å². The van der Waals surface area contributed by atoms with Crippen molar-refractivity contribution in [2.75, 3.05) is 9.80 Å². The molecule has 0 radical (unpaired) electrons. The molecular formula is C43H42N6O2. The normalized spacial score (nSPS) is 13.6. The Balaban J connectivity index is 1.07. The van der Waals surface area contributed by atoms with Gasteiger partial charge in [-0.15, -0.1) is 0 Å². The Hall–Kier alpha value is -5.76. The monoisotopic (exact) mass is 674 g/mol. The fourth-order valence-corrected chi connectivity index (χ4v) is 8.14. The predicted molar refractivity (Wildman–Crippen MR) is 200 cm³/mol. The zero-order valence-electron chi connectivity index (χ0n) is 29.9. The van der Waals surface area contributed by atoms with Crippen LogP contribution in [0.5, 0.6) is 0 Å². The van der Waals surface area contributed by atoms with Crippen LogP contribution in [-0.4, -0.2) is 31.4 Å². The van der Waals surface area contributed by atoms with E-state index in [1.165, 1.54) is 11.1 Å². The smallest absolute Gasteiger partial charge is 0.258 e. The Morgan fingerprint density at radius 3 is 1.47 bits per heavy atom. The third-order valence-corrected chi connectivity index (χ3v) is 10.9. The zero-order valence-corrected chi connectivity index (χ0v) is 29.9. The molecule has 0 fully saturated rings. The Bertz CT molecular complexity index is 2170. The van der Waals surface area contributed by atoms with Crippen LogP contribution in [0.3, 0.4) is 0 Å². The zero-order chi connectivity index (χ0) is 35.4. The third kappa shape index (κ3) is 5.65. The molecule has 8 nitrogen and oxygen atoms in total. The first-order valence-corrected chi connectivity index (χ1v) is 17.7. The van der Waals surface area contributed by atoms with E-state index >= 15 is 0 Å². The minimum Gasteiger partial charge on any atom is -0.304 e. The molecule has 2 amide bonds. The molecule has 4 aromatic carbocycles. The van der Waals surface area contributed by atoms with Crippen molar-refractivity contribution in [1.82, 2.24) is 19.6 Å². The number of anilines is 2. The molecule has 51 heavy (non-hydrogen) atoms. The number of aromatic nitrogens is 4. The summed E-state index contributed by atoms with van der Waals surface area (Å²) in [5.74, 6) is 0.0795. The third-order valence-electron chi connectivity index (χ3n) is 10.9. The number of carbonyl (C=O) groups excluding carboxylic acids is 2. The number of aryl methyl sites for hydroxylation is 4. The van der Waals surface area contributed by atoms with Crippen molar-refractivity contribution in [3.63, 3.8) is 0 Å². The van der Waals surface area contributed by atoms with E-state index in [0.717, 1.165) is 75.4 Å². The van der Waals surface area contributed by atoms with Crippen molar-refractivity contribution in [2.24, 2.45) is 14.1 Å². The number of hydrogen-bond acceptors (Lipinski definition) is 4. The average molecular weight is 675 g/mol. The van der Waals surface area contributed by atoms with E-state index in [9.17, 15) is 9.59 Å². The van der Waals surface area contributed by atoms with Gasteiger partial charge in [0.15, 0.2) is 0 Å². The van der Waals surface area contributed by atoms with Crippen LogP contribution < -0.4 is 9.80 Å². The van der Waals surface area contributed by atoms with Crippen LogP contribution in [0, 0.1) is 13.8 Å². The maximum Gasteiger partial charge on any atom is 0.258 e. The summed E-state index contributed by atoms with van der Waals surface area (Å²) in [6, 6.07) is 28.6. The van der Waals surface area contributed by atoms with Crippen LogP contribution in [0.4, 0.5) is 11.4 Å². The number of amides is 2. The summed E-state index contributed by atoms with van der Waals surface area (Å²) in [6.07, 6.45) is 6.12. The van der Waals surface area contributed by atoms with Gasteiger partial charge in [0.2, 0.25) is 0 Å². The van der Waals surface area contributed by atoms with Gasteiger partial charge in [0.1, 0.15) is 0 Å². The first-order chi connectivity index (χ1) is 24.7. The Morgan fingerprint density at radius 1 is 0.627 bits per heavy atom. The highest BCUT2D eigenvalue weighted by molar-refractivity contribution is 6.07. The summed E-state index contributed by atoms with van der Waals surface area (Å²) >= 11 is 0. The standard InChI is InChI=1S/C43H42N6O2/c1-6-35(36-17-15-31(19-27(36)2)42(50)48-25-33-23-44-46(4)40(33)21-29-11-7-9-13-38(29)48)37-18-16-32(20-28(37)3)43(51)49-26-34-24-45-47(5)41(34)22-30-12-8-10-14-39(30)49/h7-20,23-24,35H,6,21-22,25-26H2,1-5H3. The topological polar surface area (TPSA) is 76.3 Å². The van der Waals surface area contributed by atoms with Crippen molar-refractivity contribution in [3.05, 3.63) is 164 Å². The number of hydrogen-bond donors (Lipinski definition) is 0. The molecule has 6 aromatic rings. The molecule has 256 valence electrons. The van der Waals surface area contributed by atoms with Crippen molar-refractivity contribution in [3.8, 4) is 0 Å². The van der Waals surface area contributed by atoms with E-state index in [1.807, 2.05) is 106 Å². The van der Waals surface area contributed by atoms with Crippen molar-refractivity contribution in [1.29, 1.82) is 0 Å². The van der Waals surface area contributed by atoms with Gasteiger partial charge in [0.25, 0.3) is 11.8 Å². The second-order valence-corrected chi connectivity index (χ2v) is 14.0. The quantitative estimate of drug-likeness (QED) is 0.187. The molecule has 0 spiro atoms. The lowest BCUT2D eigenvalue weighted by Crippen LogP contribution is -2.30. The summed E-state index contributed by atoms with van der Waals surface area (Å²) < 4.78 is 3.83. The molecular weight excluding hydrogens is 633 g/mol. The van der Waals surface area contributed by atoms with Crippen molar-refractivity contribution < 1.29 is 9.59 Å². The van der Waals surface area contributed by atoms with E-state index in [-0.39, 0.29) is 17.7 Å². The predicted octanol–water partition coefficient (Wildman–Crippen LogP) is 7.81. The molecule has 0 saturated heterocycles. The average Bonchev–Trinajstić information content (AvgIpc) is 3.53. The summed E-state index contributed by atoms with van der Waals surface area (Å²) in [7, 11) is 3.93.